The lowest BCUT2D eigenvalue weighted by molar-refractivity contribution is 0.0916. The summed E-state index contributed by atoms with van der Waals surface area (Å²) < 4.78 is 46.4. The van der Waals surface area contributed by atoms with Crippen molar-refractivity contribution in [3.05, 3.63) is 29.6 Å². The Morgan fingerprint density at radius 2 is 2.14 bits per heavy atom. The first-order valence-corrected chi connectivity index (χ1v) is 8.44. The Labute approximate surface area is 124 Å². The summed E-state index contributed by atoms with van der Waals surface area (Å²) in [6.07, 6.45) is 2.43. The Morgan fingerprint density at radius 1 is 1.38 bits per heavy atom. The molecule has 5 nitrogen and oxygen atoms in total. The molecule has 0 amide bonds. The van der Waals surface area contributed by atoms with E-state index in [2.05, 4.69) is 10.0 Å². The molecule has 7 heteroatoms. The van der Waals surface area contributed by atoms with E-state index < -0.39 is 15.8 Å². The van der Waals surface area contributed by atoms with Gasteiger partial charge in [0.1, 0.15) is 5.82 Å². The van der Waals surface area contributed by atoms with Crippen molar-refractivity contribution in [1.82, 2.24) is 10.0 Å². The highest BCUT2D eigenvalue weighted by Crippen LogP contribution is 2.24. The summed E-state index contributed by atoms with van der Waals surface area (Å²) in [5, 5.41) is 2.82. The third-order valence-electron chi connectivity index (χ3n) is 3.76. The highest BCUT2D eigenvalue weighted by molar-refractivity contribution is 7.89. The molecule has 1 fully saturated rings. The van der Waals surface area contributed by atoms with Gasteiger partial charge in [-0.1, -0.05) is 0 Å². The van der Waals surface area contributed by atoms with Crippen molar-refractivity contribution in [1.29, 1.82) is 0 Å². The van der Waals surface area contributed by atoms with E-state index >= 15 is 0 Å². The van der Waals surface area contributed by atoms with E-state index in [1.165, 1.54) is 18.2 Å². The van der Waals surface area contributed by atoms with E-state index in [-0.39, 0.29) is 23.6 Å². The largest absolute Gasteiger partial charge is 0.380 e. The van der Waals surface area contributed by atoms with Crippen LogP contribution < -0.4 is 10.0 Å². The normalized spacial score (nSPS) is 22.6. The summed E-state index contributed by atoms with van der Waals surface area (Å²) in [6, 6.07) is 3.61. The van der Waals surface area contributed by atoms with Gasteiger partial charge in [-0.15, -0.1) is 0 Å². The second-order valence-electron chi connectivity index (χ2n) is 5.22. The van der Waals surface area contributed by atoms with E-state index in [4.69, 9.17) is 4.74 Å². The van der Waals surface area contributed by atoms with Gasteiger partial charge in [-0.3, -0.25) is 0 Å². The van der Waals surface area contributed by atoms with Crippen LogP contribution in [-0.4, -0.2) is 34.7 Å². The van der Waals surface area contributed by atoms with Crippen LogP contribution >= 0.6 is 0 Å². The molecule has 0 aliphatic heterocycles. The number of benzene rings is 1. The minimum Gasteiger partial charge on any atom is -0.380 e. The van der Waals surface area contributed by atoms with Gasteiger partial charge in [0, 0.05) is 25.3 Å². The average molecular weight is 316 g/mol. The fourth-order valence-electron chi connectivity index (χ4n) is 2.65. The maximum atomic E-state index is 13.6. The third kappa shape index (κ3) is 3.79. The Hall–Kier alpha value is -1.02. The van der Waals surface area contributed by atoms with Gasteiger partial charge < -0.3 is 10.1 Å². The number of methoxy groups -OCH3 is 1. The standard InChI is InChI=1S/C14H21FN2O3S/c1-16-9-10-8-11(6-7-12(10)15)21(18,19)17-13-4-3-5-14(13)20-2/h6-8,13-14,16-17H,3-5,9H2,1-2H3. The Balaban J connectivity index is 2.21. The lowest BCUT2D eigenvalue weighted by Gasteiger charge is -2.19. The van der Waals surface area contributed by atoms with Crippen molar-refractivity contribution in [2.45, 2.75) is 42.8 Å². The molecule has 2 unspecified atom stereocenters. The van der Waals surface area contributed by atoms with E-state index in [9.17, 15) is 12.8 Å². The van der Waals surface area contributed by atoms with E-state index in [1.54, 1.807) is 14.2 Å². The maximum absolute atomic E-state index is 13.6. The smallest absolute Gasteiger partial charge is 0.240 e. The van der Waals surface area contributed by atoms with Gasteiger partial charge in [0.2, 0.25) is 10.0 Å². The molecule has 0 saturated heterocycles. The topological polar surface area (TPSA) is 67.4 Å². The van der Waals surface area contributed by atoms with Crippen molar-refractivity contribution < 1.29 is 17.5 Å². The number of rotatable bonds is 6. The first-order valence-electron chi connectivity index (χ1n) is 6.96. The summed E-state index contributed by atoms with van der Waals surface area (Å²) >= 11 is 0. The van der Waals surface area contributed by atoms with Crippen molar-refractivity contribution >= 4 is 10.0 Å². The number of ether oxygens (including phenoxy) is 1. The molecule has 0 bridgehead atoms. The molecular formula is C14H21FN2O3S. The number of hydrogen-bond donors (Lipinski definition) is 2. The van der Waals surface area contributed by atoms with Gasteiger partial charge in [0.05, 0.1) is 11.0 Å². The zero-order chi connectivity index (χ0) is 15.5. The zero-order valence-electron chi connectivity index (χ0n) is 12.2. The van der Waals surface area contributed by atoms with Gasteiger partial charge >= 0.3 is 0 Å². The molecule has 0 aromatic heterocycles. The van der Waals surface area contributed by atoms with Gasteiger partial charge in [0.25, 0.3) is 0 Å². The predicted molar refractivity (Wildman–Crippen MR) is 77.9 cm³/mol. The molecule has 1 aliphatic rings. The Morgan fingerprint density at radius 3 is 2.81 bits per heavy atom. The highest BCUT2D eigenvalue weighted by atomic mass is 32.2. The van der Waals surface area contributed by atoms with Crippen molar-refractivity contribution in [2.75, 3.05) is 14.2 Å². The molecule has 21 heavy (non-hydrogen) atoms. The maximum Gasteiger partial charge on any atom is 0.240 e. The van der Waals surface area contributed by atoms with Crippen LogP contribution in [0.3, 0.4) is 0 Å². The molecule has 2 atom stereocenters. The molecule has 1 aliphatic carbocycles. The van der Waals surface area contributed by atoms with Crippen LogP contribution in [0.15, 0.2) is 23.1 Å². The van der Waals surface area contributed by atoms with Crippen LogP contribution in [0.25, 0.3) is 0 Å². The van der Waals surface area contributed by atoms with Crippen molar-refractivity contribution in [3.63, 3.8) is 0 Å². The van der Waals surface area contributed by atoms with Crippen molar-refractivity contribution in [3.8, 4) is 0 Å². The van der Waals surface area contributed by atoms with Crippen LogP contribution in [0.1, 0.15) is 24.8 Å². The lowest BCUT2D eigenvalue weighted by atomic mass is 10.2. The van der Waals surface area contributed by atoms with Gasteiger partial charge in [-0.2, -0.15) is 0 Å². The van der Waals surface area contributed by atoms with Crippen LogP contribution in [0.4, 0.5) is 4.39 Å². The molecule has 0 radical (unpaired) electrons. The first-order chi connectivity index (χ1) is 9.97. The summed E-state index contributed by atoms with van der Waals surface area (Å²) in [5.74, 6) is -0.418. The predicted octanol–water partition coefficient (Wildman–Crippen LogP) is 1.39. The average Bonchev–Trinajstić information content (AvgIpc) is 2.87. The van der Waals surface area contributed by atoms with Crippen LogP contribution in [0.2, 0.25) is 0 Å². The summed E-state index contributed by atoms with van der Waals surface area (Å²) in [5.41, 5.74) is 0.329. The van der Waals surface area contributed by atoms with Gasteiger partial charge in [-0.25, -0.2) is 17.5 Å². The molecule has 1 aromatic rings. The van der Waals surface area contributed by atoms with Gasteiger partial charge in [0.15, 0.2) is 0 Å². The summed E-state index contributed by atoms with van der Waals surface area (Å²) in [6.45, 7) is 0.277. The van der Waals surface area contributed by atoms with Gasteiger partial charge in [-0.05, 0) is 44.5 Å². The monoisotopic (exact) mass is 316 g/mol. The fourth-order valence-corrected chi connectivity index (χ4v) is 4.00. The number of sulfonamides is 1. The summed E-state index contributed by atoms with van der Waals surface area (Å²) in [7, 11) is -0.404. The highest BCUT2D eigenvalue weighted by Gasteiger charge is 2.31. The number of hydrogen-bond acceptors (Lipinski definition) is 4. The van der Waals surface area contributed by atoms with E-state index in [0.29, 0.717) is 5.56 Å². The molecule has 1 saturated carbocycles. The molecular weight excluding hydrogens is 295 g/mol. The van der Waals surface area contributed by atoms with E-state index in [1.807, 2.05) is 0 Å². The second kappa shape index (κ2) is 6.83. The van der Waals surface area contributed by atoms with Crippen molar-refractivity contribution in [2.24, 2.45) is 0 Å². The van der Waals surface area contributed by atoms with Crippen LogP contribution in [0.5, 0.6) is 0 Å². The molecule has 2 N–H and O–H groups in total. The fraction of sp³-hybridized carbons (Fsp3) is 0.571. The molecule has 2 rings (SSSR count). The Kier molecular flexibility index (Phi) is 5.32. The SMILES string of the molecule is CNCc1cc(S(=O)(=O)NC2CCCC2OC)ccc1F. The second-order valence-corrected chi connectivity index (χ2v) is 6.93. The first kappa shape index (κ1) is 16.4. The van der Waals surface area contributed by atoms with E-state index in [0.717, 1.165) is 19.3 Å². The third-order valence-corrected chi connectivity index (χ3v) is 5.24. The zero-order valence-corrected chi connectivity index (χ0v) is 13.0. The Bertz CT molecular complexity index is 592. The minimum absolute atomic E-state index is 0.0795. The van der Waals surface area contributed by atoms with Crippen LogP contribution in [0, 0.1) is 5.82 Å². The molecule has 118 valence electrons. The molecule has 0 heterocycles. The van der Waals surface area contributed by atoms with Crippen LogP contribution in [-0.2, 0) is 21.3 Å². The number of halogens is 1. The quantitative estimate of drug-likeness (QED) is 0.832. The number of nitrogens with one attached hydrogen (secondary N) is 2. The lowest BCUT2D eigenvalue weighted by Crippen LogP contribution is -2.40. The molecule has 1 aromatic carbocycles. The minimum atomic E-state index is -3.67. The molecule has 0 spiro atoms. The summed E-state index contributed by atoms with van der Waals surface area (Å²) in [4.78, 5) is 0.0795.